The van der Waals surface area contributed by atoms with Crippen molar-refractivity contribution < 1.29 is 24.5 Å². The molecule has 1 aromatic rings. The summed E-state index contributed by atoms with van der Waals surface area (Å²) in [5.74, 6) is -1.10. The summed E-state index contributed by atoms with van der Waals surface area (Å²) in [6, 6.07) is 7.16. The summed E-state index contributed by atoms with van der Waals surface area (Å²) >= 11 is 0. The lowest BCUT2D eigenvalue weighted by Gasteiger charge is -2.05. The van der Waals surface area contributed by atoms with Crippen LogP contribution in [0.2, 0.25) is 0 Å². The summed E-state index contributed by atoms with van der Waals surface area (Å²) in [7, 11) is 0. The van der Waals surface area contributed by atoms with Gasteiger partial charge in [0, 0.05) is 6.08 Å². The Bertz CT molecular complexity index is 481. The van der Waals surface area contributed by atoms with Gasteiger partial charge in [-0.3, -0.25) is 4.79 Å². The van der Waals surface area contributed by atoms with Crippen molar-refractivity contribution in [3.05, 3.63) is 35.9 Å². The average molecular weight is 279 g/mol. The third-order valence-corrected chi connectivity index (χ3v) is 2.37. The number of benzene rings is 1. The van der Waals surface area contributed by atoms with Crippen molar-refractivity contribution in [1.82, 2.24) is 5.32 Å². The van der Waals surface area contributed by atoms with Crippen LogP contribution < -0.4 is 10.1 Å². The fourth-order valence-corrected chi connectivity index (χ4v) is 1.36. The van der Waals surface area contributed by atoms with Crippen LogP contribution in [0.25, 0.3) is 6.08 Å². The summed E-state index contributed by atoms with van der Waals surface area (Å²) < 4.78 is 5.29. The Morgan fingerprint density at radius 3 is 2.55 bits per heavy atom. The van der Waals surface area contributed by atoms with Crippen molar-refractivity contribution in [3.8, 4) is 5.75 Å². The molecular formula is C14H17NO5. The van der Waals surface area contributed by atoms with Crippen LogP contribution in [-0.2, 0) is 9.59 Å². The summed E-state index contributed by atoms with van der Waals surface area (Å²) in [4.78, 5) is 21.7. The number of nitrogens with one attached hydrogen (secondary N) is 1. The molecule has 0 saturated carbocycles. The number of aliphatic hydroxyl groups is 1. The molecule has 0 fully saturated rings. The number of carbonyl (C=O) groups is 2. The van der Waals surface area contributed by atoms with Gasteiger partial charge in [0.15, 0.2) is 6.10 Å². The number of carbonyl (C=O) groups excluding carboxylic acids is 1. The zero-order valence-corrected chi connectivity index (χ0v) is 11.1. The molecular weight excluding hydrogens is 262 g/mol. The maximum absolute atomic E-state index is 11.4. The molecule has 0 aliphatic rings. The van der Waals surface area contributed by atoms with E-state index >= 15 is 0 Å². The molecule has 0 aliphatic heterocycles. The van der Waals surface area contributed by atoms with Crippen molar-refractivity contribution in [1.29, 1.82) is 0 Å². The van der Waals surface area contributed by atoms with E-state index in [2.05, 4.69) is 5.32 Å². The lowest BCUT2D eigenvalue weighted by atomic mass is 10.2. The van der Waals surface area contributed by atoms with Crippen LogP contribution in [0.3, 0.4) is 0 Å². The lowest BCUT2D eigenvalue weighted by molar-refractivity contribution is -0.146. The summed E-state index contributed by atoms with van der Waals surface area (Å²) in [6.07, 6.45) is 1.25. The van der Waals surface area contributed by atoms with Crippen molar-refractivity contribution in [2.24, 2.45) is 0 Å². The van der Waals surface area contributed by atoms with Gasteiger partial charge in [0.05, 0.1) is 13.2 Å². The quantitative estimate of drug-likeness (QED) is 0.637. The highest BCUT2D eigenvalue weighted by Gasteiger charge is 2.12. The van der Waals surface area contributed by atoms with E-state index in [0.717, 1.165) is 11.3 Å². The van der Waals surface area contributed by atoms with E-state index in [1.165, 1.54) is 6.08 Å². The van der Waals surface area contributed by atoms with Crippen molar-refractivity contribution >= 4 is 18.0 Å². The average Bonchev–Trinajstić information content (AvgIpc) is 2.44. The summed E-state index contributed by atoms with van der Waals surface area (Å²) in [5.41, 5.74) is 0.808. The SMILES string of the molecule is CCOc1ccc(C=CC(=O)NCC(O)C(=O)O)cc1. The molecule has 1 aromatic carbocycles. The predicted octanol–water partition coefficient (Wildman–Crippen LogP) is 0.660. The summed E-state index contributed by atoms with van der Waals surface area (Å²) in [6.45, 7) is 2.15. The minimum Gasteiger partial charge on any atom is -0.494 e. The molecule has 0 aromatic heterocycles. The van der Waals surface area contributed by atoms with Crippen LogP contribution in [0.1, 0.15) is 12.5 Å². The molecule has 1 amide bonds. The highest BCUT2D eigenvalue weighted by Crippen LogP contribution is 2.12. The minimum absolute atomic E-state index is 0.332. The Kier molecular flexibility index (Phi) is 6.25. The zero-order chi connectivity index (χ0) is 15.0. The topological polar surface area (TPSA) is 95.9 Å². The van der Waals surface area contributed by atoms with Crippen LogP contribution in [0.4, 0.5) is 0 Å². The zero-order valence-electron chi connectivity index (χ0n) is 11.1. The first-order valence-corrected chi connectivity index (χ1v) is 6.12. The number of aliphatic carboxylic acids is 1. The molecule has 108 valence electrons. The third kappa shape index (κ3) is 5.53. The Labute approximate surface area is 116 Å². The molecule has 20 heavy (non-hydrogen) atoms. The van der Waals surface area contributed by atoms with Gasteiger partial charge in [-0.1, -0.05) is 12.1 Å². The standard InChI is InChI=1S/C14H17NO5/c1-2-20-11-6-3-10(4-7-11)5-8-13(17)15-9-12(16)14(18)19/h3-8,12,16H,2,9H2,1H3,(H,15,17)(H,18,19). The second-order valence-corrected chi connectivity index (χ2v) is 3.93. The minimum atomic E-state index is -1.60. The van der Waals surface area contributed by atoms with Crippen LogP contribution in [0.15, 0.2) is 30.3 Å². The first kappa shape index (κ1) is 15.7. The molecule has 1 rings (SSSR count). The van der Waals surface area contributed by atoms with Gasteiger partial charge in [0.1, 0.15) is 5.75 Å². The fraction of sp³-hybridized carbons (Fsp3) is 0.286. The second-order valence-electron chi connectivity index (χ2n) is 3.93. The van der Waals surface area contributed by atoms with Crippen LogP contribution in [-0.4, -0.2) is 41.3 Å². The number of carboxylic acids is 1. The van der Waals surface area contributed by atoms with E-state index in [1.54, 1.807) is 30.3 Å². The molecule has 0 spiro atoms. The van der Waals surface area contributed by atoms with Gasteiger partial charge in [-0.15, -0.1) is 0 Å². The van der Waals surface area contributed by atoms with Crippen LogP contribution >= 0.6 is 0 Å². The summed E-state index contributed by atoms with van der Waals surface area (Å²) in [5, 5.41) is 19.7. The fourth-order valence-electron chi connectivity index (χ4n) is 1.36. The van der Waals surface area contributed by atoms with E-state index in [1.807, 2.05) is 6.92 Å². The predicted molar refractivity (Wildman–Crippen MR) is 73.3 cm³/mol. The maximum atomic E-state index is 11.4. The van der Waals surface area contributed by atoms with Gasteiger partial charge in [0.25, 0.3) is 0 Å². The molecule has 0 radical (unpaired) electrons. The second kappa shape index (κ2) is 7.96. The molecule has 1 unspecified atom stereocenters. The van der Waals surface area contributed by atoms with Crippen molar-refractivity contribution in [2.75, 3.05) is 13.2 Å². The normalized spacial score (nSPS) is 12.1. The smallest absolute Gasteiger partial charge is 0.334 e. The molecule has 6 heteroatoms. The molecule has 0 saturated heterocycles. The van der Waals surface area contributed by atoms with Crippen LogP contribution in [0, 0.1) is 0 Å². The van der Waals surface area contributed by atoms with E-state index in [4.69, 9.17) is 14.9 Å². The van der Waals surface area contributed by atoms with Crippen molar-refractivity contribution in [2.45, 2.75) is 13.0 Å². The van der Waals surface area contributed by atoms with E-state index in [0.29, 0.717) is 6.61 Å². The van der Waals surface area contributed by atoms with Crippen molar-refractivity contribution in [3.63, 3.8) is 0 Å². The van der Waals surface area contributed by atoms with Gasteiger partial charge in [-0.2, -0.15) is 0 Å². The number of carboxylic acid groups (broad SMARTS) is 1. The molecule has 0 heterocycles. The Morgan fingerprint density at radius 1 is 1.35 bits per heavy atom. The third-order valence-electron chi connectivity index (χ3n) is 2.37. The van der Waals surface area contributed by atoms with Gasteiger partial charge in [-0.25, -0.2) is 4.79 Å². The van der Waals surface area contributed by atoms with Gasteiger partial charge in [0.2, 0.25) is 5.91 Å². The monoisotopic (exact) mass is 279 g/mol. The molecule has 3 N–H and O–H groups in total. The Balaban J connectivity index is 2.46. The number of amides is 1. The number of hydrogen-bond acceptors (Lipinski definition) is 4. The number of aliphatic hydroxyl groups excluding tert-OH is 1. The first-order valence-electron chi connectivity index (χ1n) is 6.12. The number of ether oxygens (including phenoxy) is 1. The van der Waals surface area contributed by atoms with E-state index in [9.17, 15) is 9.59 Å². The van der Waals surface area contributed by atoms with E-state index in [-0.39, 0.29) is 6.54 Å². The van der Waals surface area contributed by atoms with Gasteiger partial charge >= 0.3 is 5.97 Å². The molecule has 0 bridgehead atoms. The largest absolute Gasteiger partial charge is 0.494 e. The highest BCUT2D eigenvalue weighted by molar-refractivity contribution is 5.92. The highest BCUT2D eigenvalue weighted by atomic mass is 16.5. The molecule has 1 atom stereocenters. The Hall–Kier alpha value is -2.34. The molecule has 0 aliphatic carbocycles. The van der Waals surface area contributed by atoms with Gasteiger partial charge < -0.3 is 20.3 Å². The lowest BCUT2D eigenvalue weighted by Crippen LogP contribution is -2.35. The first-order chi connectivity index (χ1) is 9.52. The molecule has 6 nitrogen and oxygen atoms in total. The number of rotatable bonds is 7. The van der Waals surface area contributed by atoms with Crippen LogP contribution in [0.5, 0.6) is 5.75 Å². The maximum Gasteiger partial charge on any atom is 0.334 e. The van der Waals surface area contributed by atoms with E-state index < -0.39 is 18.0 Å². The Morgan fingerprint density at radius 2 is 2.00 bits per heavy atom. The number of hydrogen-bond donors (Lipinski definition) is 3. The van der Waals surface area contributed by atoms with Gasteiger partial charge in [-0.05, 0) is 30.7 Å².